The number of hydrogen-bond acceptors (Lipinski definition) is 5. The third-order valence-corrected chi connectivity index (χ3v) is 4.56. The van der Waals surface area contributed by atoms with Gasteiger partial charge in [-0.3, -0.25) is 10.2 Å². The summed E-state index contributed by atoms with van der Waals surface area (Å²) < 4.78 is 35.3. The van der Waals surface area contributed by atoms with Gasteiger partial charge in [0.25, 0.3) is 5.91 Å². The van der Waals surface area contributed by atoms with Gasteiger partial charge in [0.15, 0.2) is 6.10 Å². The molecule has 0 bridgehead atoms. The van der Waals surface area contributed by atoms with E-state index in [1.807, 2.05) is 0 Å². The Morgan fingerprint density at radius 3 is 2.45 bits per heavy atom. The van der Waals surface area contributed by atoms with Crippen molar-refractivity contribution in [3.8, 4) is 11.1 Å². The first-order valence-corrected chi connectivity index (χ1v) is 9.48. The summed E-state index contributed by atoms with van der Waals surface area (Å²) in [5, 5.41) is 10.0. The highest BCUT2D eigenvalue weighted by Gasteiger charge is 2.29. The Kier molecular flexibility index (Phi) is 6.99. The zero-order chi connectivity index (χ0) is 22.4. The monoisotopic (exact) mass is 425 g/mol. The van der Waals surface area contributed by atoms with E-state index in [0.717, 1.165) is 11.6 Å². The van der Waals surface area contributed by atoms with Gasteiger partial charge < -0.3 is 15.8 Å². The van der Waals surface area contributed by atoms with Gasteiger partial charge in [0, 0.05) is 42.2 Å². The minimum atomic E-state index is -1.48. The molecule has 1 unspecified atom stereocenters. The molecule has 1 atom stereocenters. The highest BCUT2D eigenvalue weighted by atomic mass is 19.1. The molecule has 2 aromatic carbocycles. The van der Waals surface area contributed by atoms with Crippen LogP contribution in [0.3, 0.4) is 0 Å². The summed E-state index contributed by atoms with van der Waals surface area (Å²) in [6.45, 7) is 1.81. The molecule has 0 aliphatic heterocycles. The minimum absolute atomic E-state index is 0.0642. The van der Waals surface area contributed by atoms with E-state index in [1.54, 1.807) is 31.2 Å². The van der Waals surface area contributed by atoms with E-state index in [2.05, 4.69) is 15.3 Å². The number of ether oxygens (including phenoxy) is 1. The van der Waals surface area contributed by atoms with Crippen LogP contribution in [0.5, 0.6) is 0 Å². The summed E-state index contributed by atoms with van der Waals surface area (Å²) in [6, 6.07) is 9.04. The topological polar surface area (TPSA) is 114 Å². The number of nitrogens with zero attached hydrogens (tertiary/aromatic N) is 2. The fraction of sp³-hybridized carbons (Fsp3) is 0.182. The van der Waals surface area contributed by atoms with Crippen LogP contribution in [0.4, 0.5) is 8.78 Å². The fourth-order valence-electron chi connectivity index (χ4n) is 3.01. The van der Waals surface area contributed by atoms with Gasteiger partial charge in [0.2, 0.25) is 0 Å². The molecule has 0 radical (unpaired) electrons. The Labute approximate surface area is 177 Å². The summed E-state index contributed by atoms with van der Waals surface area (Å²) in [7, 11) is 0. The second-order valence-corrected chi connectivity index (χ2v) is 6.61. The summed E-state index contributed by atoms with van der Waals surface area (Å²) in [4.78, 5) is 20.5. The highest BCUT2D eigenvalue weighted by molar-refractivity contribution is 5.94. The molecule has 3 aromatic rings. The third kappa shape index (κ3) is 5.07. The zero-order valence-corrected chi connectivity index (χ0v) is 16.7. The second-order valence-electron chi connectivity index (χ2n) is 6.61. The normalized spacial score (nSPS) is 11.7. The van der Waals surface area contributed by atoms with E-state index in [9.17, 15) is 9.18 Å². The molecule has 0 aliphatic carbocycles. The smallest absolute Gasteiger partial charge is 0.254 e. The van der Waals surface area contributed by atoms with E-state index in [0.29, 0.717) is 11.1 Å². The maximum Gasteiger partial charge on any atom is 0.254 e. The predicted octanol–water partition coefficient (Wildman–Crippen LogP) is 3.10. The van der Waals surface area contributed by atoms with Gasteiger partial charge in [-0.2, -0.15) is 0 Å². The van der Waals surface area contributed by atoms with Crippen LogP contribution < -0.4 is 11.1 Å². The first-order valence-electron chi connectivity index (χ1n) is 9.48. The Bertz CT molecular complexity index is 1080. The number of nitrogen functional groups attached to an aromatic ring is 1. The average Bonchev–Trinajstić information content (AvgIpc) is 2.77. The van der Waals surface area contributed by atoms with E-state index >= 15 is 4.39 Å². The molecule has 0 saturated heterocycles. The van der Waals surface area contributed by atoms with E-state index in [1.165, 1.54) is 24.8 Å². The molecule has 7 nitrogen and oxygen atoms in total. The number of benzene rings is 2. The Morgan fingerprint density at radius 2 is 1.84 bits per heavy atom. The molecule has 9 heteroatoms. The minimum Gasteiger partial charge on any atom is -0.384 e. The standard InChI is InChI=1S/C22H21F2N5O2/c1-2-31-20(22(30)29-9-13-3-5-14(6-4-13)21(25)26)18-17(23)8-7-16(19(18)24)15-10-27-12-28-11-15/h3-8,10-12,20H,2,9H2,1H3,(H3,25,26)(H,29,30). The SMILES string of the molecule is CCOC(C(=O)NCc1ccc(C(=N)N)cc1)c1c(F)ccc(-c2cncnc2)c1F. The van der Waals surface area contributed by atoms with Crippen molar-refractivity contribution in [1.29, 1.82) is 5.41 Å². The first kappa shape index (κ1) is 22.0. The van der Waals surface area contributed by atoms with Crippen molar-refractivity contribution >= 4 is 11.7 Å². The summed E-state index contributed by atoms with van der Waals surface area (Å²) in [5.41, 5.74) is 6.63. The van der Waals surface area contributed by atoms with E-state index in [-0.39, 0.29) is 24.6 Å². The average molecular weight is 425 g/mol. The number of carbonyl (C=O) groups excluding carboxylic acids is 1. The van der Waals surface area contributed by atoms with Crippen LogP contribution in [-0.4, -0.2) is 28.3 Å². The lowest BCUT2D eigenvalue weighted by molar-refractivity contribution is -0.133. The van der Waals surface area contributed by atoms with Crippen LogP contribution in [-0.2, 0) is 16.1 Å². The summed E-state index contributed by atoms with van der Waals surface area (Å²) in [6.07, 6.45) is 2.61. The molecule has 0 fully saturated rings. The number of halogens is 2. The maximum absolute atomic E-state index is 15.2. The maximum atomic E-state index is 15.2. The van der Waals surface area contributed by atoms with Gasteiger partial charge >= 0.3 is 0 Å². The van der Waals surface area contributed by atoms with Crippen molar-refractivity contribution in [2.75, 3.05) is 6.61 Å². The van der Waals surface area contributed by atoms with E-state index in [4.69, 9.17) is 15.9 Å². The quantitative estimate of drug-likeness (QED) is 0.379. The molecule has 1 amide bonds. The number of amides is 1. The Morgan fingerprint density at radius 1 is 1.16 bits per heavy atom. The molecule has 31 heavy (non-hydrogen) atoms. The van der Waals surface area contributed by atoms with Crippen LogP contribution in [0.25, 0.3) is 11.1 Å². The molecular formula is C22H21F2N5O2. The van der Waals surface area contributed by atoms with Crippen molar-refractivity contribution in [2.45, 2.75) is 19.6 Å². The third-order valence-electron chi connectivity index (χ3n) is 4.56. The largest absolute Gasteiger partial charge is 0.384 e. The number of aromatic nitrogens is 2. The molecule has 160 valence electrons. The lowest BCUT2D eigenvalue weighted by Gasteiger charge is -2.20. The number of nitrogens with one attached hydrogen (secondary N) is 2. The second kappa shape index (κ2) is 9.86. The fourth-order valence-corrected chi connectivity index (χ4v) is 3.01. The number of amidine groups is 1. The number of rotatable bonds is 8. The molecule has 1 aromatic heterocycles. The number of nitrogens with two attached hydrogens (primary N) is 1. The van der Waals surface area contributed by atoms with Gasteiger partial charge in [-0.25, -0.2) is 18.7 Å². The van der Waals surface area contributed by atoms with Crippen molar-refractivity contribution in [1.82, 2.24) is 15.3 Å². The highest BCUT2D eigenvalue weighted by Crippen LogP contribution is 2.31. The van der Waals surface area contributed by atoms with Crippen LogP contribution in [0.2, 0.25) is 0 Å². The molecule has 0 aliphatic rings. The van der Waals surface area contributed by atoms with Crippen molar-refractivity contribution in [3.05, 3.63) is 83.4 Å². The molecule has 1 heterocycles. The van der Waals surface area contributed by atoms with Crippen molar-refractivity contribution < 1.29 is 18.3 Å². The van der Waals surface area contributed by atoms with Crippen LogP contribution in [0.15, 0.2) is 55.1 Å². The van der Waals surface area contributed by atoms with Gasteiger partial charge in [0.05, 0.1) is 5.56 Å². The van der Waals surface area contributed by atoms with Crippen molar-refractivity contribution in [3.63, 3.8) is 0 Å². The number of hydrogen-bond donors (Lipinski definition) is 3. The zero-order valence-electron chi connectivity index (χ0n) is 16.7. The first-order chi connectivity index (χ1) is 14.9. The molecule has 0 saturated carbocycles. The summed E-state index contributed by atoms with van der Waals surface area (Å²) in [5.74, 6) is -2.55. The molecular weight excluding hydrogens is 404 g/mol. The van der Waals surface area contributed by atoms with Gasteiger partial charge in [0.1, 0.15) is 23.8 Å². The van der Waals surface area contributed by atoms with Gasteiger partial charge in [-0.05, 0) is 24.6 Å². The lowest BCUT2D eigenvalue weighted by Crippen LogP contribution is -2.31. The van der Waals surface area contributed by atoms with Gasteiger partial charge in [-0.1, -0.05) is 24.3 Å². The molecule has 4 N–H and O–H groups in total. The molecule has 0 spiro atoms. The predicted molar refractivity (Wildman–Crippen MR) is 111 cm³/mol. The van der Waals surface area contributed by atoms with Crippen LogP contribution >= 0.6 is 0 Å². The lowest BCUT2D eigenvalue weighted by atomic mass is 10.00. The van der Waals surface area contributed by atoms with Crippen LogP contribution in [0.1, 0.15) is 29.7 Å². The Balaban J connectivity index is 1.85. The molecule has 3 rings (SSSR count). The Hall–Kier alpha value is -3.72. The van der Waals surface area contributed by atoms with Gasteiger partial charge in [-0.15, -0.1) is 0 Å². The van der Waals surface area contributed by atoms with Crippen molar-refractivity contribution in [2.24, 2.45) is 5.73 Å². The van der Waals surface area contributed by atoms with E-state index < -0.39 is 29.2 Å². The number of carbonyl (C=O) groups is 1. The summed E-state index contributed by atoms with van der Waals surface area (Å²) >= 11 is 0. The van der Waals surface area contributed by atoms with Crippen LogP contribution in [0, 0.1) is 17.0 Å².